The van der Waals surface area contributed by atoms with Crippen LogP contribution in [0.15, 0.2) is 237 Å². The van der Waals surface area contributed by atoms with Crippen LogP contribution >= 0.6 is 0 Å². The lowest BCUT2D eigenvalue weighted by atomic mass is 9.70. The molecule has 0 unspecified atom stereocenters. The lowest BCUT2D eigenvalue weighted by Gasteiger charge is -2.33. The quantitative estimate of drug-likeness (QED) is 0.157. The Morgan fingerprint density at radius 2 is 0.661 bits per heavy atom. The number of fused-ring (bicyclic) bond motifs is 16. The van der Waals surface area contributed by atoms with Crippen molar-refractivity contribution < 1.29 is 0 Å². The minimum absolute atomic E-state index is 0.465. The summed E-state index contributed by atoms with van der Waals surface area (Å²) < 4.78 is 0. The van der Waals surface area contributed by atoms with Crippen molar-refractivity contribution in [3.05, 3.63) is 259 Å². The third-order valence-corrected chi connectivity index (χ3v) is 13.7. The molecule has 0 bridgehead atoms. The second kappa shape index (κ2) is 13.5. The SMILES string of the molecule is c1ccc(-c2ccc(-c3ccccc3)c(N(c3ccc4c(c3)C3(c5ccccc5-c5ccccc53)c3ccccc3-4)c3ccc4c5ccccc5c5ccccc5c4c3)c2)cc1. The predicted octanol–water partition coefficient (Wildman–Crippen LogP) is 16.3. The Bertz CT molecular complexity index is 3480. The molecule has 2 aliphatic rings. The molecule has 0 heterocycles. The van der Waals surface area contributed by atoms with Gasteiger partial charge in [0.15, 0.2) is 0 Å². The van der Waals surface area contributed by atoms with Gasteiger partial charge in [0.25, 0.3) is 0 Å². The van der Waals surface area contributed by atoms with E-state index in [2.05, 4.69) is 241 Å². The summed E-state index contributed by atoms with van der Waals surface area (Å²) in [5.41, 5.74) is 18.1. The number of hydrogen-bond acceptors (Lipinski definition) is 1. The summed E-state index contributed by atoms with van der Waals surface area (Å²) in [5, 5.41) is 7.57. The van der Waals surface area contributed by atoms with E-state index in [9.17, 15) is 0 Å². The van der Waals surface area contributed by atoms with Gasteiger partial charge in [0.05, 0.1) is 11.1 Å². The third kappa shape index (κ3) is 4.91. The fourth-order valence-corrected chi connectivity index (χ4v) is 11.1. The minimum Gasteiger partial charge on any atom is -0.310 e. The van der Waals surface area contributed by atoms with Gasteiger partial charge >= 0.3 is 0 Å². The van der Waals surface area contributed by atoms with Crippen LogP contribution in [0.4, 0.5) is 17.1 Å². The zero-order chi connectivity index (χ0) is 40.8. The second-order valence-corrected chi connectivity index (χ2v) is 16.7. The Balaban J connectivity index is 1.14. The Labute approximate surface area is 361 Å². The standard InChI is InChI=1S/C61H39N/c1-3-17-40(18-4-1)42-31-34-45(41-19-5-2-6-20-41)60(37-42)62(43-32-35-50-48-23-8-7-21-46(48)47-22-9-10-24-49(47)55(50)38-43)44-33-36-54-53-27-13-16-30-58(53)61(59(54)39-44)56-28-14-11-25-51(56)52-26-12-15-29-57(52)61/h1-39H. The normalized spacial score (nSPS) is 13.0. The van der Waals surface area contributed by atoms with E-state index < -0.39 is 5.41 Å². The highest BCUT2D eigenvalue weighted by Gasteiger charge is 2.51. The summed E-state index contributed by atoms with van der Waals surface area (Å²) in [5.74, 6) is 0. The molecule has 62 heavy (non-hydrogen) atoms. The van der Waals surface area contributed by atoms with Crippen LogP contribution in [-0.4, -0.2) is 0 Å². The molecule has 11 aromatic rings. The summed E-state index contributed by atoms with van der Waals surface area (Å²) in [6.45, 7) is 0. The van der Waals surface area contributed by atoms with Gasteiger partial charge in [0.1, 0.15) is 0 Å². The van der Waals surface area contributed by atoms with Gasteiger partial charge in [0, 0.05) is 16.9 Å². The summed E-state index contributed by atoms with van der Waals surface area (Å²) in [7, 11) is 0. The maximum Gasteiger partial charge on any atom is 0.0726 e. The van der Waals surface area contributed by atoms with Crippen molar-refractivity contribution in [2.75, 3.05) is 4.90 Å². The molecule has 0 amide bonds. The molecule has 0 saturated heterocycles. The summed E-state index contributed by atoms with van der Waals surface area (Å²) in [6.07, 6.45) is 0. The maximum absolute atomic E-state index is 2.53. The molecule has 0 atom stereocenters. The van der Waals surface area contributed by atoms with Crippen molar-refractivity contribution >= 4 is 49.4 Å². The zero-order valence-electron chi connectivity index (χ0n) is 34.0. The molecule has 288 valence electrons. The van der Waals surface area contributed by atoms with E-state index in [-0.39, 0.29) is 0 Å². The first-order chi connectivity index (χ1) is 30.8. The molecule has 1 heteroatoms. The molecule has 11 aromatic carbocycles. The number of anilines is 3. The highest BCUT2D eigenvalue weighted by molar-refractivity contribution is 6.26. The second-order valence-electron chi connectivity index (χ2n) is 16.7. The molecule has 1 nitrogen and oxygen atoms in total. The van der Waals surface area contributed by atoms with Crippen LogP contribution in [0.2, 0.25) is 0 Å². The number of hydrogen-bond donors (Lipinski definition) is 0. The molecule has 0 N–H and O–H groups in total. The van der Waals surface area contributed by atoms with Crippen LogP contribution in [0.25, 0.3) is 76.8 Å². The molecule has 0 saturated carbocycles. The van der Waals surface area contributed by atoms with Gasteiger partial charge in [0.2, 0.25) is 0 Å². The molecule has 0 aliphatic heterocycles. The van der Waals surface area contributed by atoms with Crippen LogP contribution in [-0.2, 0) is 5.41 Å². The number of rotatable bonds is 5. The van der Waals surface area contributed by atoms with E-state index in [1.807, 2.05) is 0 Å². The predicted molar refractivity (Wildman–Crippen MR) is 261 cm³/mol. The average Bonchev–Trinajstić information content (AvgIpc) is 3.82. The van der Waals surface area contributed by atoms with E-state index in [0.717, 1.165) is 17.1 Å². The molecule has 1 spiro atoms. The summed E-state index contributed by atoms with van der Waals surface area (Å²) >= 11 is 0. The van der Waals surface area contributed by atoms with Crippen molar-refractivity contribution in [2.45, 2.75) is 5.41 Å². The first-order valence-electron chi connectivity index (χ1n) is 21.6. The van der Waals surface area contributed by atoms with Gasteiger partial charge < -0.3 is 4.90 Å². The van der Waals surface area contributed by atoms with Crippen molar-refractivity contribution in [1.82, 2.24) is 0 Å². The zero-order valence-corrected chi connectivity index (χ0v) is 34.0. The lowest BCUT2D eigenvalue weighted by Crippen LogP contribution is -2.26. The van der Waals surface area contributed by atoms with Crippen LogP contribution < -0.4 is 4.90 Å². The number of nitrogens with zero attached hydrogens (tertiary/aromatic N) is 1. The van der Waals surface area contributed by atoms with Crippen molar-refractivity contribution in [3.8, 4) is 44.5 Å². The van der Waals surface area contributed by atoms with E-state index >= 15 is 0 Å². The fraction of sp³-hybridized carbons (Fsp3) is 0.0164. The van der Waals surface area contributed by atoms with Gasteiger partial charge in [-0.25, -0.2) is 0 Å². The summed E-state index contributed by atoms with van der Waals surface area (Å²) in [4.78, 5) is 2.53. The average molecular weight is 786 g/mol. The van der Waals surface area contributed by atoms with Gasteiger partial charge in [-0.15, -0.1) is 0 Å². The third-order valence-electron chi connectivity index (χ3n) is 13.7. The van der Waals surface area contributed by atoms with E-state index in [1.165, 1.54) is 99.1 Å². The van der Waals surface area contributed by atoms with E-state index in [4.69, 9.17) is 0 Å². The highest BCUT2D eigenvalue weighted by Crippen LogP contribution is 2.63. The molecular weight excluding hydrogens is 747 g/mol. The van der Waals surface area contributed by atoms with Gasteiger partial charge in [-0.1, -0.05) is 206 Å². The molecule has 2 aliphatic carbocycles. The Hall–Kier alpha value is -8.00. The minimum atomic E-state index is -0.465. The van der Waals surface area contributed by atoms with E-state index in [1.54, 1.807) is 0 Å². The molecule has 0 fully saturated rings. The van der Waals surface area contributed by atoms with Gasteiger partial charge in [-0.05, 0) is 124 Å². The first-order valence-corrected chi connectivity index (χ1v) is 21.6. The Morgan fingerprint density at radius 3 is 1.24 bits per heavy atom. The van der Waals surface area contributed by atoms with Gasteiger partial charge in [-0.2, -0.15) is 0 Å². The summed E-state index contributed by atoms with van der Waals surface area (Å²) in [6, 6.07) is 88.0. The van der Waals surface area contributed by atoms with Crippen molar-refractivity contribution in [1.29, 1.82) is 0 Å². The Morgan fingerprint density at radius 1 is 0.242 bits per heavy atom. The van der Waals surface area contributed by atoms with Crippen LogP contribution in [0.1, 0.15) is 22.3 Å². The van der Waals surface area contributed by atoms with Crippen LogP contribution in [0.3, 0.4) is 0 Å². The number of benzene rings is 11. The molecule has 0 radical (unpaired) electrons. The van der Waals surface area contributed by atoms with Crippen molar-refractivity contribution in [2.24, 2.45) is 0 Å². The topological polar surface area (TPSA) is 3.24 Å². The Kier molecular flexibility index (Phi) is 7.59. The largest absolute Gasteiger partial charge is 0.310 e. The molecular formula is C61H39N. The van der Waals surface area contributed by atoms with Crippen LogP contribution in [0, 0.1) is 0 Å². The fourth-order valence-electron chi connectivity index (χ4n) is 11.1. The highest BCUT2D eigenvalue weighted by atomic mass is 15.1. The molecule has 0 aromatic heterocycles. The maximum atomic E-state index is 2.53. The van der Waals surface area contributed by atoms with E-state index in [0.29, 0.717) is 0 Å². The monoisotopic (exact) mass is 785 g/mol. The van der Waals surface area contributed by atoms with Crippen molar-refractivity contribution in [3.63, 3.8) is 0 Å². The van der Waals surface area contributed by atoms with Gasteiger partial charge in [-0.3, -0.25) is 0 Å². The van der Waals surface area contributed by atoms with Crippen LogP contribution in [0.5, 0.6) is 0 Å². The smallest absolute Gasteiger partial charge is 0.0726 e. The first kappa shape index (κ1) is 34.8. The lowest BCUT2D eigenvalue weighted by molar-refractivity contribution is 0.793. The molecule has 13 rings (SSSR count).